The molecule has 0 spiro atoms. The van der Waals surface area contributed by atoms with Gasteiger partial charge in [-0.3, -0.25) is 4.90 Å². The first-order chi connectivity index (χ1) is 13.4. The fourth-order valence-electron chi connectivity index (χ4n) is 3.27. The number of nitrogens with one attached hydrogen (secondary N) is 1. The number of piperidine rings is 1. The SMILES string of the molecule is CCOc1ccc(S(=O)(=O)NC2CCN(Cc3ccc(F)c(F)c3)CC2)cc1. The standard InChI is InChI=1S/C20H24F2N2O3S/c1-2-27-17-4-6-18(7-5-17)28(25,26)23-16-9-11-24(12-10-16)14-15-3-8-19(21)20(22)13-15/h3-8,13,16,23H,2,9-12,14H2,1H3. The van der Waals surface area contributed by atoms with Crippen LogP contribution in [0.25, 0.3) is 0 Å². The van der Waals surface area contributed by atoms with Gasteiger partial charge in [0.05, 0.1) is 11.5 Å². The van der Waals surface area contributed by atoms with Crippen molar-refractivity contribution in [2.75, 3.05) is 19.7 Å². The largest absolute Gasteiger partial charge is 0.494 e. The molecule has 0 atom stereocenters. The Kier molecular flexibility index (Phi) is 6.64. The van der Waals surface area contributed by atoms with Crippen molar-refractivity contribution in [2.24, 2.45) is 0 Å². The molecular weight excluding hydrogens is 386 g/mol. The summed E-state index contributed by atoms with van der Waals surface area (Å²) in [5.41, 5.74) is 0.701. The second-order valence-electron chi connectivity index (χ2n) is 6.82. The summed E-state index contributed by atoms with van der Waals surface area (Å²) in [6.45, 7) is 4.25. The highest BCUT2D eigenvalue weighted by atomic mass is 32.2. The fourth-order valence-corrected chi connectivity index (χ4v) is 4.58. The van der Waals surface area contributed by atoms with Crippen LogP contribution in [0.1, 0.15) is 25.3 Å². The lowest BCUT2D eigenvalue weighted by atomic mass is 10.1. The lowest BCUT2D eigenvalue weighted by Crippen LogP contribution is -2.44. The molecule has 1 aliphatic heterocycles. The first kappa shape index (κ1) is 20.7. The molecule has 1 fully saturated rings. The Hall–Kier alpha value is -2.03. The van der Waals surface area contributed by atoms with Gasteiger partial charge in [0, 0.05) is 25.7 Å². The van der Waals surface area contributed by atoms with Crippen LogP contribution in [0.15, 0.2) is 47.4 Å². The Morgan fingerprint density at radius 2 is 1.75 bits per heavy atom. The van der Waals surface area contributed by atoms with Gasteiger partial charge >= 0.3 is 0 Å². The smallest absolute Gasteiger partial charge is 0.240 e. The second kappa shape index (κ2) is 8.98. The highest BCUT2D eigenvalue weighted by Gasteiger charge is 2.24. The van der Waals surface area contributed by atoms with Gasteiger partial charge in [0.1, 0.15) is 5.75 Å². The maximum absolute atomic E-state index is 13.3. The molecule has 1 aliphatic rings. The topological polar surface area (TPSA) is 58.6 Å². The number of hydrogen-bond acceptors (Lipinski definition) is 4. The average Bonchev–Trinajstić information content (AvgIpc) is 2.67. The molecule has 1 N–H and O–H groups in total. The summed E-state index contributed by atoms with van der Waals surface area (Å²) in [5.74, 6) is -1.08. The first-order valence-corrected chi connectivity index (χ1v) is 10.8. The predicted molar refractivity (Wildman–Crippen MR) is 103 cm³/mol. The van der Waals surface area contributed by atoms with Crippen LogP contribution in [-0.4, -0.2) is 39.1 Å². The molecule has 0 aromatic heterocycles. The molecule has 1 saturated heterocycles. The van der Waals surface area contributed by atoms with Crippen LogP contribution in [0.5, 0.6) is 5.75 Å². The molecule has 8 heteroatoms. The molecule has 2 aromatic rings. The minimum atomic E-state index is -3.59. The summed E-state index contributed by atoms with van der Waals surface area (Å²) < 4.78 is 59.6. The van der Waals surface area contributed by atoms with Gasteiger partial charge in [0.25, 0.3) is 0 Å². The predicted octanol–water partition coefficient (Wildman–Crippen LogP) is 3.31. The number of sulfonamides is 1. The van der Waals surface area contributed by atoms with Crippen molar-refractivity contribution in [3.63, 3.8) is 0 Å². The number of halogens is 2. The van der Waals surface area contributed by atoms with E-state index in [9.17, 15) is 17.2 Å². The van der Waals surface area contributed by atoms with Crippen LogP contribution in [0.4, 0.5) is 8.78 Å². The molecule has 0 bridgehead atoms. The molecule has 5 nitrogen and oxygen atoms in total. The van der Waals surface area contributed by atoms with Gasteiger partial charge in [-0.1, -0.05) is 6.07 Å². The number of likely N-dealkylation sites (tertiary alicyclic amines) is 1. The van der Waals surface area contributed by atoms with Crippen molar-refractivity contribution in [2.45, 2.75) is 37.2 Å². The Labute approximate surface area is 164 Å². The molecule has 2 aromatic carbocycles. The van der Waals surface area contributed by atoms with Gasteiger partial charge < -0.3 is 4.74 Å². The van der Waals surface area contributed by atoms with E-state index < -0.39 is 21.7 Å². The minimum absolute atomic E-state index is 0.155. The quantitative estimate of drug-likeness (QED) is 0.761. The number of hydrogen-bond donors (Lipinski definition) is 1. The third-order valence-electron chi connectivity index (χ3n) is 4.74. The summed E-state index contributed by atoms with van der Waals surface area (Å²) in [4.78, 5) is 2.31. The number of benzene rings is 2. The zero-order valence-corrected chi connectivity index (χ0v) is 16.5. The normalized spacial score (nSPS) is 16.2. The summed E-state index contributed by atoms with van der Waals surface area (Å²) in [5, 5.41) is 0. The van der Waals surface area contributed by atoms with Crippen molar-refractivity contribution in [1.29, 1.82) is 0 Å². The molecule has 3 rings (SSSR count). The highest BCUT2D eigenvalue weighted by Crippen LogP contribution is 2.20. The van der Waals surface area contributed by atoms with Crippen molar-refractivity contribution >= 4 is 10.0 Å². The molecule has 0 saturated carbocycles. The molecule has 152 valence electrons. The third-order valence-corrected chi connectivity index (χ3v) is 6.28. The van der Waals surface area contributed by atoms with Gasteiger partial charge in [0.2, 0.25) is 10.0 Å². The van der Waals surface area contributed by atoms with Crippen LogP contribution in [-0.2, 0) is 16.6 Å². The summed E-state index contributed by atoms with van der Waals surface area (Å²) >= 11 is 0. The van der Waals surface area contributed by atoms with Crippen LogP contribution in [0.2, 0.25) is 0 Å². The second-order valence-corrected chi connectivity index (χ2v) is 8.54. The number of ether oxygens (including phenoxy) is 1. The monoisotopic (exact) mass is 410 g/mol. The number of nitrogens with zero attached hydrogens (tertiary/aromatic N) is 1. The van der Waals surface area contributed by atoms with E-state index in [-0.39, 0.29) is 10.9 Å². The van der Waals surface area contributed by atoms with Crippen molar-refractivity contribution in [3.8, 4) is 5.75 Å². The summed E-state index contributed by atoms with van der Waals surface area (Å²) in [6, 6.07) is 10.1. The molecule has 1 heterocycles. The van der Waals surface area contributed by atoms with Gasteiger partial charge in [-0.15, -0.1) is 0 Å². The summed E-state index contributed by atoms with van der Waals surface area (Å²) in [6.07, 6.45) is 1.31. The molecule has 0 aliphatic carbocycles. The van der Waals surface area contributed by atoms with E-state index in [2.05, 4.69) is 9.62 Å². The molecule has 0 amide bonds. The van der Waals surface area contributed by atoms with E-state index in [1.807, 2.05) is 6.92 Å². The Morgan fingerprint density at radius 1 is 1.07 bits per heavy atom. The van der Waals surface area contributed by atoms with E-state index in [0.717, 1.165) is 6.07 Å². The van der Waals surface area contributed by atoms with E-state index in [1.165, 1.54) is 18.2 Å². The molecular formula is C20H24F2N2O3S. The zero-order valence-electron chi connectivity index (χ0n) is 15.7. The van der Waals surface area contributed by atoms with Crippen LogP contribution < -0.4 is 9.46 Å². The van der Waals surface area contributed by atoms with E-state index in [0.29, 0.717) is 50.4 Å². The van der Waals surface area contributed by atoms with Gasteiger partial charge in [-0.2, -0.15) is 0 Å². The van der Waals surface area contributed by atoms with Crippen molar-refractivity contribution in [3.05, 3.63) is 59.7 Å². The average molecular weight is 410 g/mol. The van der Waals surface area contributed by atoms with Crippen molar-refractivity contribution < 1.29 is 21.9 Å². The molecule has 28 heavy (non-hydrogen) atoms. The zero-order chi connectivity index (χ0) is 20.1. The fraction of sp³-hybridized carbons (Fsp3) is 0.400. The van der Waals surface area contributed by atoms with Crippen molar-refractivity contribution in [1.82, 2.24) is 9.62 Å². The van der Waals surface area contributed by atoms with Gasteiger partial charge in [-0.05, 0) is 61.7 Å². The van der Waals surface area contributed by atoms with Gasteiger partial charge in [0.15, 0.2) is 11.6 Å². The van der Waals surface area contributed by atoms with Gasteiger partial charge in [-0.25, -0.2) is 21.9 Å². The maximum Gasteiger partial charge on any atom is 0.240 e. The number of rotatable bonds is 7. The Morgan fingerprint density at radius 3 is 2.36 bits per heavy atom. The van der Waals surface area contributed by atoms with E-state index >= 15 is 0 Å². The van der Waals surface area contributed by atoms with Crippen LogP contribution in [0, 0.1) is 11.6 Å². The van der Waals surface area contributed by atoms with Crippen LogP contribution in [0.3, 0.4) is 0 Å². The lowest BCUT2D eigenvalue weighted by molar-refractivity contribution is 0.199. The maximum atomic E-state index is 13.3. The Bertz CT molecular complexity index is 896. The Balaban J connectivity index is 1.53. The minimum Gasteiger partial charge on any atom is -0.494 e. The van der Waals surface area contributed by atoms with E-state index in [4.69, 9.17) is 4.74 Å². The van der Waals surface area contributed by atoms with Crippen LogP contribution >= 0.6 is 0 Å². The lowest BCUT2D eigenvalue weighted by Gasteiger charge is -2.32. The summed E-state index contributed by atoms with van der Waals surface area (Å²) in [7, 11) is -3.59. The highest BCUT2D eigenvalue weighted by molar-refractivity contribution is 7.89. The first-order valence-electron chi connectivity index (χ1n) is 9.29. The molecule has 0 unspecified atom stereocenters. The third kappa shape index (κ3) is 5.27. The van der Waals surface area contributed by atoms with E-state index in [1.54, 1.807) is 18.2 Å². The molecule has 0 radical (unpaired) electrons.